The number of imidazole rings is 2. The van der Waals surface area contributed by atoms with Crippen LogP contribution in [-0.4, -0.2) is 33.0 Å². The number of benzene rings is 1. The Morgan fingerprint density at radius 3 is 2.55 bits per heavy atom. The fourth-order valence-corrected chi connectivity index (χ4v) is 3.00. The molecule has 1 saturated heterocycles. The van der Waals surface area contributed by atoms with Crippen molar-refractivity contribution in [3.63, 3.8) is 0 Å². The summed E-state index contributed by atoms with van der Waals surface area (Å²) in [7, 11) is 0. The first-order chi connectivity index (χ1) is 9.69. The van der Waals surface area contributed by atoms with Crippen molar-refractivity contribution in [2.45, 2.75) is 26.7 Å². The molecule has 104 valence electrons. The summed E-state index contributed by atoms with van der Waals surface area (Å²) in [6, 6.07) is 4.16. The van der Waals surface area contributed by atoms with Gasteiger partial charge < -0.3 is 14.9 Å². The first kappa shape index (κ1) is 11.8. The topological polar surface area (TPSA) is 60.6 Å². The van der Waals surface area contributed by atoms with Gasteiger partial charge in [-0.05, 0) is 37.8 Å². The van der Waals surface area contributed by atoms with E-state index in [2.05, 4.69) is 38.9 Å². The number of hydrogen-bond acceptors (Lipinski definition) is 3. The van der Waals surface area contributed by atoms with Gasteiger partial charge in [-0.25, -0.2) is 9.97 Å². The number of nitrogens with zero attached hydrogens (tertiary/aromatic N) is 3. The van der Waals surface area contributed by atoms with E-state index in [-0.39, 0.29) is 0 Å². The number of aromatic nitrogens is 4. The second-order valence-electron chi connectivity index (χ2n) is 5.94. The van der Waals surface area contributed by atoms with Crippen LogP contribution in [0.3, 0.4) is 0 Å². The van der Waals surface area contributed by atoms with Gasteiger partial charge in [0.25, 0.3) is 0 Å². The van der Waals surface area contributed by atoms with Crippen LogP contribution >= 0.6 is 0 Å². The lowest BCUT2D eigenvalue weighted by atomic mass is 10.00. The van der Waals surface area contributed by atoms with Crippen LogP contribution in [0.5, 0.6) is 0 Å². The number of anilines is 1. The van der Waals surface area contributed by atoms with Crippen molar-refractivity contribution < 1.29 is 0 Å². The fraction of sp³-hybridized carbons (Fsp3) is 0.467. The third kappa shape index (κ3) is 1.85. The summed E-state index contributed by atoms with van der Waals surface area (Å²) in [4.78, 5) is 18.3. The fourth-order valence-electron chi connectivity index (χ4n) is 3.00. The Balaban J connectivity index is 1.74. The highest BCUT2D eigenvalue weighted by atomic mass is 15.3. The number of fused-ring (bicyclic) bond motifs is 2. The van der Waals surface area contributed by atoms with E-state index in [1.165, 1.54) is 12.8 Å². The molecule has 0 atom stereocenters. The van der Waals surface area contributed by atoms with E-state index >= 15 is 0 Å². The van der Waals surface area contributed by atoms with Crippen LogP contribution in [0.2, 0.25) is 0 Å². The van der Waals surface area contributed by atoms with Crippen molar-refractivity contribution in [1.29, 1.82) is 0 Å². The molecule has 0 unspecified atom stereocenters. The minimum absolute atomic E-state index is 0.834. The number of aryl methyl sites for hydroxylation is 1. The molecule has 0 amide bonds. The van der Waals surface area contributed by atoms with Gasteiger partial charge in [-0.15, -0.1) is 0 Å². The number of nitrogens with one attached hydrogen (secondary N) is 2. The molecule has 3 aromatic rings. The van der Waals surface area contributed by atoms with E-state index in [1.54, 1.807) is 0 Å². The molecule has 0 saturated carbocycles. The van der Waals surface area contributed by atoms with Crippen LogP contribution < -0.4 is 4.90 Å². The summed E-state index contributed by atoms with van der Waals surface area (Å²) in [5.74, 6) is 2.77. The Hall–Kier alpha value is -2.04. The van der Waals surface area contributed by atoms with Crippen molar-refractivity contribution >= 4 is 28.0 Å². The normalized spacial score (nSPS) is 17.4. The average molecular weight is 269 g/mol. The first-order valence-corrected chi connectivity index (χ1v) is 7.30. The van der Waals surface area contributed by atoms with Gasteiger partial charge in [0, 0.05) is 13.1 Å². The van der Waals surface area contributed by atoms with Crippen molar-refractivity contribution in [2.24, 2.45) is 5.92 Å². The third-order valence-electron chi connectivity index (χ3n) is 4.27. The Morgan fingerprint density at radius 2 is 1.75 bits per heavy atom. The molecule has 0 spiro atoms. The van der Waals surface area contributed by atoms with Crippen molar-refractivity contribution in [1.82, 2.24) is 19.9 Å². The van der Waals surface area contributed by atoms with Gasteiger partial charge in [-0.2, -0.15) is 0 Å². The van der Waals surface area contributed by atoms with Crippen molar-refractivity contribution in [3.8, 4) is 0 Å². The molecule has 3 heterocycles. The van der Waals surface area contributed by atoms with Gasteiger partial charge in [0.1, 0.15) is 5.82 Å². The monoisotopic (exact) mass is 269 g/mol. The minimum Gasteiger partial charge on any atom is -0.342 e. The molecule has 1 aliphatic rings. The van der Waals surface area contributed by atoms with Gasteiger partial charge in [0.15, 0.2) is 0 Å². The summed E-state index contributed by atoms with van der Waals surface area (Å²) in [6.45, 7) is 6.49. The minimum atomic E-state index is 0.834. The van der Waals surface area contributed by atoms with E-state index in [0.29, 0.717) is 0 Å². The quantitative estimate of drug-likeness (QED) is 0.714. The van der Waals surface area contributed by atoms with Gasteiger partial charge in [0.05, 0.1) is 22.1 Å². The highest BCUT2D eigenvalue weighted by Gasteiger charge is 2.18. The van der Waals surface area contributed by atoms with Crippen LogP contribution in [-0.2, 0) is 0 Å². The highest BCUT2D eigenvalue weighted by Crippen LogP contribution is 2.25. The lowest BCUT2D eigenvalue weighted by molar-refractivity contribution is 0.435. The Labute approximate surface area is 117 Å². The molecule has 5 nitrogen and oxygen atoms in total. The molecule has 20 heavy (non-hydrogen) atoms. The first-order valence-electron chi connectivity index (χ1n) is 7.30. The molecule has 4 rings (SSSR count). The van der Waals surface area contributed by atoms with Crippen LogP contribution in [0.1, 0.15) is 25.6 Å². The Morgan fingerprint density at radius 1 is 1.05 bits per heavy atom. The standard InChI is InChI=1S/C15H19N5/c1-9-3-5-20(6-4-9)15-18-13-7-11-12(8-14(13)19-15)17-10(2)16-11/h7-9H,3-6H2,1-2H3,(H,16,17)(H,18,19). The molecule has 0 bridgehead atoms. The molecule has 2 N–H and O–H groups in total. The van der Waals surface area contributed by atoms with Crippen molar-refractivity contribution in [3.05, 3.63) is 18.0 Å². The third-order valence-corrected chi connectivity index (χ3v) is 4.27. The van der Waals surface area contributed by atoms with E-state index in [0.717, 1.165) is 52.8 Å². The SMILES string of the molecule is Cc1nc2cc3nc(N4CCC(C)CC4)[nH]c3cc2[nH]1. The van der Waals surface area contributed by atoms with E-state index < -0.39 is 0 Å². The lowest BCUT2D eigenvalue weighted by Gasteiger charge is -2.29. The summed E-state index contributed by atoms with van der Waals surface area (Å²) >= 11 is 0. The predicted molar refractivity (Wildman–Crippen MR) is 81.1 cm³/mol. The lowest BCUT2D eigenvalue weighted by Crippen LogP contribution is -2.33. The number of piperidine rings is 1. The van der Waals surface area contributed by atoms with Crippen LogP contribution in [0.4, 0.5) is 5.95 Å². The zero-order chi connectivity index (χ0) is 13.7. The maximum absolute atomic E-state index is 4.74. The smallest absolute Gasteiger partial charge is 0.203 e. The molecule has 1 fully saturated rings. The van der Waals surface area contributed by atoms with Crippen LogP contribution in [0.15, 0.2) is 12.1 Å². The Kier molecular flexibility index (Phi) is 2.49. The molecule has 2 aromatic heterocycles. The number of H-pyrrole nitrogens is 2. The summed E-state index contributed by atoms with van der Waals surface area (Å²) < 4.78 is 0. The zero-order valence-electron chi connectivity index (χ0n) is 11.9. The summed E-state index contributed by atoms with van der Waals surface area (Å²) in [5.41, 5.74) is 4.13. The second kappa shape index (κ2) is 4.23. The highest BCUT2D eigenvalue weighted by molar-refractivity contribution is 5.92. The molecule has 1 aromatic carbocycles. The molecule has 0 radical (unpaired) electrons. The second-order valence-corrected chi connectivity index (χ2v) is 5.94. The maximum atomic E-state index is 4.74. The zero-order valence-corrected chi connectivity index (χ0v) is 11.9. The van der Waals surface area contributed by atoms with Gasteiger partial charge >= 0.3 is 0 Å². The number of aromatic amines is 2. The van der Waals surface area contributed by atoms with Gasteiger partial charge in [-0.1, -0.05) is 6.92 Å². The maximum Gasteiger partial charge on any atom is 0.203 e. The molecule has 1 aliphatic heterocycles. The predicted octanol–water partition coefficient (Wildman–Crippen LogP) is 2.98. The van der Waals surface area contributed by atoms with E-state index in [9.17, 15) is 0 Å². The van der Waals surface area contributed by atoms with Gasteiger partial charge in [0.2, 0.25) is 5.95 Å². The van der Waals surface area contributed by atoms with E-state index in [4.69, 9.17) is 4.98 Å². The summed E-state index contributed by atoms with van der Waals surface area (Å²) in [6.07, 6.45) is 2.50. The van der Waals surface area contributed by atoms with E-state index in [1.807, 2.05) is 6.92 Å². The number of rotatable bonds is 1. The molecular formula is C15H19N5. The van der Waals surface area contributed by atoms with Crippen LogP contribution in [0.25, 0.3) is 22.1 Å². The molecular weight excluding hydrogens is 250 g/mol. The average Bonchev–Trinajstić information content (AvgIpc) is 2.97. The van der Waals surface area contributed by atoms with Crippen molar-refractivity contribution in [2.75, 3.05) is 18.0 Å². The largest absolute Gasteiger partial charge is 0.342 e. The van der Waals surface area contributed by atoms with Crippen LogP contribution in [0, 0.1) is 12.8 Å². The van der Waals surface area contributed by atoms with Gasteiger partial charge in [-0.3, -0.25) is 0 Å². The number of hydrogen-bond donors (Lipinski definition) is 2. The molecule has 5 heteroatoms. The summed E-state index contributed by atoms with van der Waals surface area (Å²) in [5, 5.41) is 0. The molecule has 0 aliphatic carbocycles. The Bertz CT molecular complexity index is 710.